The molecule has 2 heterocycles. The summed E-state index contributed by atoms with van der Waals surface area (Å²) in [7, 11) is 0. The average molecular weight is 404 g/mol. The predicted molar refractivity (Wildman–Crippen MR) is 105 cm³/mol. The second kappa shape index (κ2) is 6.35. The number of alkyl halides is 3. The standard InChI is InChI=1S/C20H15F3N2O2S/c1-9-8-13(26)14(10-2-4-11(5-3-10)18(24)20(21,22)23)15-12-6-7-28-17(12)19(27)25-16(9)15/h2-8,18,26H,24H2,1H3,(H,25,27)/t18-/m0/s1. The van der Waals surface area contributed by atoms with Crippen molar-refractivity contribution in [1.82, 2.24) is 4.98 Å². The maximum atomic E-state index is 12.9. The Hall–Kier alpha value is -2.84. The van der Waals surface area contributed by atoms with Gasteiger partial charge in [-0.2, -0.15) is 13.2 Å². The molecular formula is C20H15F3N2O2S. The van der Waals surface area contributed by atoms with Crippen LogP contribution < -0.4 is 11.3 Å². The van der Waals surface area contributed by atoms with E-state index < -0.39 is 12.2 Å². The Kier molecular flexibility index (Phi) is 4.20. The number of aromatic amines is 1. The summed E-state index contributed by atoms with van der Waals surface area (Å²) in [5.41, 5.74) is 7.23. The first-order valence-electron chi connectivity index (χ1n) is 8.37. The summed E-state index contributed by atoms with van der Waals surface area (Å²) in [6, 6.07) is 6.84. The molecule has 2 aromatic carbocycles. The minimum absolute atomic E-state index is 0.0163. The SMILES string of the molecule is Cc1cc(O)c(-c2ccc([C@H](N)C(F)(F)F)cc2)c2c1[nH]c(=O)c1sccc12. The first-order valence-corrected chi connectivity index (χ1v) is 9.25. The fraction of sp³-hybridized carbons (Fsp3) is 0.150. The molecule has 0 aliphatic heterocycles. The predicted octanol–water partition coefficient (Wildman–Crippen LogP) is 4.99. The summed E-state index contributed by atoms with van der Waals surface area (Å²) in [5.74, 6) is -0.0163. The second-order valence-electron chi connectivity index (χ2n) is 6.60. The quantitative estimate of drug-likeness (QED) is 0.441. The molecule has 4 nitrogen and oxygen atoms in total. The molecule has 4 N–H and O–H groups in total. The number of hydrogen-bond donors (Lipinski definition) is 3. The van der Waals surface area contributed by atoms with Crippen LogP contribution in [0.5, 0.6) is 5.75 Å². The Morgan fingerprint density at radius 1 is 1.18 bits per heavy atom. The van der Waals surface area contributed by atoms with Gasteiger partial charge >= 0.3 is 6.18 Å². The van der Waals surface area contributed by atoms with E-state index in [-0.39, 0.29) is 16.9 Å². The highest BCUT2D eigenvalue weighted by Gasteiger charge is 2.37. The number of H-pyrrole nitrogens is 1. The zero-order valence-corrected chi connectivity index (χ0v) is 15.4. The molecule has 144 valence electrons. The number of aromatic hydroxyl groups is 1. The highest BCUT2D eigenvalue weighted by atomic mass is 32.1. The zero-order valence-electron chi connectivity index (χ0n) is 14.6. The van der Waals surface area contributed by atoms with E-state index >= 15 is 0 Å². The lowest BCUT2D eigenvalue weighted by atomic mass is 9.94. The highest BCUT2D eigenvalue weighted by molar-refractivity contribution is 7.17. The van der Waals surface area contributed by atoms with E-state index in [0.717, 1.165) is 0 Å². The molecule has 0 saturated heterocycles. The molecule has 8 heteroatoms. The summed E-state index contributed by atoms with van der Waals surface area (Å²) >= 11 is 1.29. The number of phenols is 1. The van der Waals surface area contributed by atoms with Crippen molar-refractivity contribution in [3.05, 3.63) is 63.3 Å². The fourth-order valence-corrected chi connectivity index (χ4v) is 4.22. The molecule has 0 saturated carbocycles. The average Bonchev–Trinajstić information content (AvgIpc) is 3.12. The third-order valence-corrected chi connectivity index (χ3v) is 5.71. The molecule has 0 spiro atoms. The van der Waals surface area contributed by atoms with Crippen LogP contribution in [0.15, 0.2) is 46.6 Å². The van der Waals surface area contributed by atoms with Gasteiger partial charge in [0.1, 0.15) is 16.5 Å². The molecule has 1 atom stereocenters. The topological polar surface area (TPSA) is 79.1 Å². The third-order valence-electron chi connectivity index (χ3n) is 4.79. The lowest BCUT2D eigenvalue weighted by Gasteiger charge is -2.17. The molecule has 0 aliphatic rings. The lowest BCUT2D eigenvalue weighted by Crippen LogP contribution is -2.28. The Balaban J connectivity index is 1.99. The van der Waals surface area contributed by atoms with Gasteiger partial charge in [0, 0.05) is 16.3 Å². The number of benzene rings is 2. The summed E-state index contributed by atoms with van der Waals surface area (Å²) in [6.45, 7) is 1.77. The van der Waals surface area contributed by atoms with E-state index in [0.29, 0.717) is 37.7 Å². The first kappa shape index (κ1) is 18.5. The molecule has 0 radical (unpaired) electrons. The van der Waals surface area contributed by atoms with E-state index in [1.165, 1.54) is 41.7 Å². The van der Waals surface area contributed by atoms with Crippen molar-refractivity contribution in [2.24, 2.45) is 5.73 Å². The van der Waals surface area contributed by atoms with Crippen molar-refractivity contribution in [2.75, 3.05) is 0 Å². The number of nitrogens with two attached hydrogens (primary N) is 1. The van der Waals surface area contributed by atoms with Gasteiger partial charge in [-0.15, -0.1) is 11.3 Å². The van der Waals surface area contributed by atoms with Crippen LogP contribution in [0.1, 0.15) is 17.2 Å². The molecule has 0 aliphatic carbocycles. The van der Waals surface area contributed by atoms with Crippen LogP contribution in [0, 0.1) is 6.92 Å². The van der Waals surface area contributed by atoms with Gasteiger partial charge in [-0.3, -0.25) is 4.79 Å². The molecule has 4 aromatic rings. The van der Waals surface area contributed by atoms with Crippen molar-refractivity contribution in [2.45, 2.75) is 19.1 Å². The van der Waals surface area contributed by atoms with Crippen LogP contribution in [0.4, 0.5) is 13.2 Å². The fourth-order valence-electron chi connectivity index (χ4n) is 3.42. The van der Waals surface area contributed by atoms with Crippen molar-refractivity contribution in [1.29, 1.82) is 0 Å². The number of aromatic nitrogens is 1. The number of pyridine rings is 1. The number of hydrogen-bond acceptors (Lipinski definition) is 4. The van der Waals surface area contributed by atoms with Gasteiger partial charge in [-0.05, 0) is 41.1 Å². The molecule has 28 heavy (non-hydrogen) atoms. The van der Waals surface area contributed by atoms with Gasteiger partial charge in [0.15, 0.2) is 0 Å². The van der Waals surface area contributed by atoms with Crippen LogP contribution in [-0.4, -0.2) is 16.3 Å². The Labute approximate surface area is 161 Å². The number of nitrogens with one attached hydrogen (secondary N) is 1. The monoisotopic (exact) mass is 404 g/mol. The van der Waals surface area contributed by atoms with E-state index in [1.54, 1.807) is 18.4 Å². The summed E-state index contributed by atoms with van der Waals surface area (Å²) < 4.78 is 39.1. The molecular weight excluding hydrogens is 389 g/mol. The number of rotatable bonds is 2. The Morgan fingerprint density at radius 2 is 1.86 bits per heavy atom. The third kappa shape index (κ3) is 2.85. The van der Waals surface area contributed by atoms with Gasteiger partial charge < -0.3 is 15.8 Å². The maximum absolute atomic E-state index is 12.9. The molecule has 2 aromatic heterocycles. The molecule has 0 fully saturated rings. The number of fused-ring (bicyclic) bond motifs is 3. The highest BCUT2D eigenvalue weighted by Crippen LogP contribution is 2.41. The molecule has 0 bridgehead atoms. The lowest BCUT2D eigenvalue weighted by molar-refractivity contribution is -0.149. The normalized spacial score (nSPS) is 13.3. The number of halogens is 3. The minimum atomic E-state index is -4.54. The number of thiophene rings is 1. The van der Waals surface area contributed by atoms with Gasteiger partial charge in [0.25, 0.3) is 5.56 Å². The van der Waals surface area contributed by atoms with Crippen LogP contribution in [0.2, 0.25) is 0 Å². The van der Waals surface area contributed by atoms with Gasteiger partial charge in [0.2, 0.25) is 0 Å². The Morgan fingerprint density at radius 3 is 2.50 bits per heavy atom. The Bertz CT molecular complexity index is 1260. The first-order chi connectivity index (χ1) is 13.2. The van der Waals surface area contributed by atoms with Crippen LogP contribution in [-0.2, 0) is 0 Å². The van der Waals surface area contributed by atoms with Crippen molar-refractivity contribution in [3.8, 4) is 16.9 Å². The smallest absolute Gasteiger partial charge is 0.407 e. The van der Waals surface area contributed by atoms with Crippen LogP contribution in [0.3, 0.4) is 0 Å². The van der Waals surface area contributed by atoms with Crippen molar-refractivity contribution < 1.29 is 18.3 Å². The second-order valence-corrected chi connectivity index (χ2v) is 7.51. The van der Waals surface area contributed by atoms with E-state index in [4.69, 9.17) is 5.73 Å². The van der Waals surface area contributed by atoms with Gasteiger partial charge in [-0.25, -0.2) is 0 Å². The maximum Gasteiger partial charge on any atom is 0.407 e. The molecule has 4 rings (SSSR count). The summed E-state index contributed by atoms with van der Waals surface area (Å²) in [4.78, 5) is 15.2. The summed E-state index contributed by atoms with van der Waals surface area (Å²) in [5, 5.41) is 13.8. The van der Waals surface area contributed by atoms with E-state index in [9.17, 15) is 23.1 Å². The van der Waals surface area contributed by atoms with Crippen molar-refractivity contribution in [3.63, 3.8) is 0 Å². The van der Waals surface area contributed by atoms with Gasteiger partial charge in [-0.1, -0.05) is 24.3 Å². The summed E-state index contributed by atoms with van der Waals surface area (Å²) in [6.07, 6.45) is -4.54. The van der Waals surface area contributed by atoms with Crippen LogP contribution >= 0.6 is 11.3 Å². The largest absolute Gasteiger partial charge is 0.507 e. The van der Waals surface area contributed by atoms with E-state index in [1.807, 2.05) is 0 Å². The number of phenolic OH excluding ortho intramolecular Hbond substituents is 1. The molecule has 0 amide bonds. The molecule has 0 unspecified atom stereocenters. The van der Waals surface area contributed by atoms with Gasteiger partial charge in [0.05, 0.1) is 5.52 Å². The number of aryl methyl sites for hydroxylation is 1. The minimum Gasteiger partial charge on any atom is -0.507 e. The zero-order chi connectivity index (χ0) is 20.2. The van der Waals surface area contributed by atoms with E-state index in [2.05, 4.69) is 4.98 Å². The van der Waals surface area contributed by atoms with Crippen LogP contribution in [0.25, 0.3) is 32.1 Å². The van der Waals surface area contributed by atoms with Crippen molar-refractivity contribution >= 4 is 32.3 Å².